The number of hydrogen-bond acceptors (Lipinski definition) is 3. The van der Waals surface area contributed by atoms with Gasteiger partial charge in [-0.15, -0.1) is 24.0 Å². The lowest BCUT2D eigenvalue weighted by atomic mass is 9.93. The average Bonchev–Trinajstić information content (AvgIpc) is 3.12. The molecule has 0 atom stereocenters. The SMILES string of the molecule is CCNC(=NCc1cnn(-c2ccccc2)c1)NC1CCC(O)CC1.I. The molecule has 0 bridgehead atoms. The number of aliphatic hydroxyl groups is 1. The van der Waals surface area contributed by atoms with Crippen LogP contribution in [0, 0.1) is 0 Å². The van der Waals surface area contributed by atoms with Crippen LogP contribution in [0.25, 0.3) is 5.69 Å². The first-order chi connectivity index (χ1) is 12.2. The number of halogens is 1. The molecule has 0 unspecified atom stereocenters. The van der Waals surface area contributed by atoms with E-state index in [4.69, 9.17) is 0 Å². The molecule has 1 aromatic heterocycles. The van der Waals surface area contributed by atoms with Crippen LogP contribution in [0.15, 0.2) is 47.7 Å². The van der Waals surface area contributed by atoms with Gasteiger partial charge in [0.25, 0.3) is 0 Å². The van der Waals surface area contributed by atoms with Gasteiger partial charge in [-0.25, -0.2) is 9.67 Å². The fraction of sp³-hybridized carbons (Fsp3) is 0.474. The molecule has 6 nitrogen and oxygen atoms in total. The minimum Gasteiger partial charge on any atom is -0.393 e. The molecule has 1 fully saturated rings. The van der Waals surface area contributed by atoms with Crippen LogP contribution in [0.5, 0.6) is 0 Å². The molecule has 2 aromatic rings. The first-order valence-electron chi connectivity index (χ1n) is 9.06. The Kier molecular flexibility index (Phi) is 8.37. The molecule has 0 amide bonds. The van der Waals surface area contributed by atoms with Gasteiger partial charge in [-0.05, 0) is 44.7 Å². The van der Waals surface area contributed by atoms with Gasteiger partial charge >= 0.3 is 0 Å². The fourth-order valence-corrected chi connectivity index (χ4v) is 3.07. The van der Waals surface area contributed by atoms with Crippen molar-refractivity contribution in [2.24, 2.45) is 4.99 Å². The number of benzene rings is 1. The first kappa shape index (κ1) is 20.7. The summed E-state index contributed by atoms with van der Waals surface area (Å²) in [5.41, 5.74) is 2.11. The zero-order valence-electron chi connectivity index (χ0n) is 15.1. The van der Waals surface area contributed by atoms with Crippen molar-refractivity contribution in [1.29, 1.82) is 0 Å². The summed E-state index contributed by atoms with van der Waals surface area (Å²) in [6.45, 7) is 3.47. The Bertz CT molecular complexity index is 680. The molecule has 0 radical (unpaired) electrons. The molecular formula is C19H28IN5O. The van der Waals surface area contributed by atoms with Gasteiger partial charge in [0.05, 0.1) is 24.5 Å². The number of aromatic nitrogens is 2. The highest BCUT2D eigenvalue weighted by Crippen LogP contribution is 2.18. The summed E-state index contributed by atoms with van der Waals surface area (Å²) in [5, 5.41) is 20.8. The minimum atomic E-state index is -0.138. The molecule has 26 heavy (non-hydrogen) atoms. The van der Waals surface area contributed by atoms with Gasteiger partial charge in [0.2, 0.25) is 0 Å². The number of nitrogens with one attached hydrogen (secondary N) is 2. The molecule has 7 heteroatoms. The number of aliphatic hydroxyl groups excluding tert-OH is 1. The van der Waals surface area contributed by atoms with Crippen LogP contribution in [0.4, 0.5) is 0 Å². The van der Waals surface area contributed by atoms with Gasteiger partial charge in [-0.2, -0.15) is 5.10 Å². The van der Waals surface area contributed by atoms with Gasteiger partial charge in [-0.3, -0.25) is 0 Å². The van der Waals surface area contributed by atoms with Gasteiger partial charge in [-0.1, -0.05) is 18.2 Å². The summed E-state index contributed by atoms with van der Waals surface area (Å²) in [7, 11) is 0. The average molecular weight is 469 g/mol. The predicted molar refractivity (Wildman–Crippen MR) is 115 cm³/mol. The third kappa shape index (κ3) is 5.98. The molecule has 1 aromatic carbocycles. The molecule has 3 N–H and O–H groups in total. The normalized spacial score (nSPS) is 20.3. The van der Waals surface area contributed by atoms with Gasteiger partial charge in [0.1, 0.15) is 0 Å². The molecular weight excluding hydrogens is 441 g/mol. The second kappa shape index (κ2) is 10.5. The highest BCUT2D eigenvalue weighted by molar-refractivity contribution is 14.0. The molecule has 1 heterocycles. The van der Waals surface area contributed by atoms with Crippen LogP contribution in [-0.2, 0) is 6.54 Å². The summed E-state index contributed by atoms with van der Waals surface area (Å²) in [4.78, 5) is 4.68. The van der Waals surface area contributed by atoms with Crippen LogP contribution in [0.1, 0.15) is 38.2 Å². The second-order valence-electron chi connectivity index (χ2n) is 6.47. The number of para-hydroxylation sites is 1. The summed E-state index contributed by atoms with van der Waals surface area (Å²) < 4.78 is 1.87. The van der Waals surface area contributed by atoms with E-state index in [1.165, 1.54) is 0 Å². The van der Waals surface area contributed by atoms with Crippen LogP contribution >= 0.6 is 24.0 Å². The van der Waals surface area contributed by atoms with Crippen molar-refractivity contribution in [3.8, 4) is 5.69 Å². The molecule has 3 rings (SSSR count). The lowest BCUT2D eigenvalue weighted by Crippen LogP contribution is -2.45. The zero-order chi connectivity index (χ0) is 17.5. The van der Waals surface area contributed by atoms with E-state index in [-0.39, 0.29) is 30.1 Å². The van der Waals surface area contributed by atoms with Crippen LogP contribution in [-0.4, -0.2) is 39.5 Å². The van der Waals surface area contributed by atoms with E-state index in [2.05, 4.69) is 27.6 Å². The van der Waals surface area contributed by atoms with E-state index >= 15 is 0 Å². The van der Waals surface area contributed by atoms with E-state index in [0.717, 1.165) is 49.4 Å². The summed E-state index contributed by atoms with van der Waals surface area (Å²) in [6.07, 6.45) is 7.43. The Hall–Kier alpha value is -1.61. The van der Waals surface area contributed by atoms with Crippen molar-refractivity contribution < 1.29 is 5.11 Å². The van der Waals surface area contributed by atoms with E-state index in [9.17, 15) is 5.11 Å². The first-order valence-corrected chi connectivity index (χ1v) is 9.06. The molecule has 0 aliphatic heterocycles. The van der Waals surface area contributed by atoms with Gasteiger partial charge in [0.15, 0.2) is 5.96 Å². The lowest BCUT2D eigenvalue weighted by molar-refractivity contribution is 0.120. The van der Waals surface area contributed by atoms with Gasteiger partial charge in [0, 0.05) is 24.3 Å². The van der Waals surface area contributed by atoms with Crippen molar-refractivity contribution in [2.45, 2.75) is 51.3 Å². The van der Waals surface area contributed by atoms with Crippen LogP contribution in [0.2, 0.25) is 0 Å². The Morgan fingerprint density at radius 1 is 1.23 bits per heavy atom. The molecule has 1 aliphatic carbocycles. The summed E-state index contributed by atoms with van der Waals surface area (Å²) in [5.74, 6) is 0.830. The van der Waals surface area contributed by atoms with E-state index in [1.807, 2.05) is 47.4 Å². The molecule has 0 saturated heterocycles. The number of guanidine groups is 1. The molecule has 1 saturated carbocycles. The van der Waals surface area contributed by atoms with Crippen LogP contribution in [0.3, 0.4) is 0 Å². The largest absolute Gasteiger partial charge is 0.393 e. The maximum atomic E-state index is 9.63. The molecule has 1 aliphatic rings. The number of hydrogen-bond donors (Lipinski definition) is 3. The standard InChI is InChI=1S/C19H27N5O.HI/c1-2-20-19(23-16-8-10-18(25)11-9-16)21-12-15-13-22-24(14-15)17-6-4-3-5-7-17;/h3-7,13-14,16,18,25H,2,8-12H2,1H3,(H2,20,21,23);1H. The van der Waals surface area contributed by atoms with Gasteiger partial charge < -0.3 is 15.7 Å². The Balaban J connectivity index is 0.00000243. The third-order valence-electron chi connectivity index (χ3n) is 4.46. The monoisotopic (exact) mass is 469 g/mol. The zero-order valence-corrected chi connectivity index (χ0v) is 17.5. The van der Waals surface area contributed by atoms with Crippen molar-refractivity contribution in [2.75, 3.05) is 6.54 Å². The van der Waals surface area contributed by atoms with Crippen molar-refractivity contribution in [3.63, 3.8) is 0 Å². The number of rotatable bonds is 5. The topological polar surface area (TPSA) is 74.5 Å². The summed E-state index contributed by atoms with van der Waals surface area (Å²) in [6, 6.07) is 10.4. The highest BCUT2D eigenvalue weighted by atomic mass is 127. The lowest BCUT2D eigenvalue weighted by Gasteiger charge is -2.27. The number of nitrogens with zero attached hydrogens (tertiary/aromatic N) is 3. The van der Waals surface area contributed by atoms with Crippen molar-refractivity contribution in [1.82, 2.24) is 20.4 Å². The maximum Gasteiger partial charge on any atom is 0.191 e. The third-order valence-corrected chi connectivity index (χ3v) is 4.46. The minimum absolute atomic E-state index is 0. The fourth-order valence-electron chi connectivity index (χ4n) is 3.07. The second-order valence-corrected chi connectivity index (χ2v) is 6.47. The van der Waals surface area contributed by atoms with Crippen molar-refractivity contribution >= 4 is 29.9 Å². The Morgan fingerprint density at radius 3 is 2.65 bits per heavy atom. The van der Waals surface area contributed by atoms with E-state index < -0.39 is 0 Å². The quantitative estimate of drug-likeness (QED) is 0.358. The number of aliphatic imine (C=N–C) groups is 1. The van der Waals surface area contributed by atoms with E-state index in [0.29, 0.717) is 12.6 Å². The van der Waals surface area contributed by atoms with E-state index in [1.54, 1.807) is 0 Å². The van der Waals surface area contributed by atoms with Crippen molar-refractivity contribution in [3.05, 3.63) is 48.3 Å². The smallest absolute Gasteiger partial charge is 0.191 e. The molecule has 0 spiro atoms. The highest BCUT2D eigenvalue weighted by Gasteiger charge is 2.19. The van der Waals surface area contributed by atoms with Crippen LogP contribution < -0.4 is 10.6 Å². The Labute approximate surface area is 172 Å². The molecule has 142 valence electrons. The maximum absolute atomic E-state index is 9.63. The Morgan fingerprint density at radius 2 is 1.96 bits per heavy atom. The summed E-state index contributed by atoms with van der Waals surface area (Å²) >= 11 is 0. The predicted octanol–water partition coefficient (Wildman–Crippen LogP) is 2.85.